The fraction of sp³-hybridized carbons (Fsp3) is 0.441. The summed E-state index contributed by atoms with van der Waals surface area (Å²) in [5, 5.41) is 8.32. The molecule has 1 aromatic heterocycles. The largest absolute Gasteiger partial charge is 0.494 e. The van der Waals surface area contributed by atoms with Crippen LogP contribution in [-0.4, -0.2) is 97.8 Å². The summed E-state index contributed by atoms with van der Waals surface area (Å²) in [5.74, 6) is 1.66. The van der Waals surface area contributed by atoms with Crippen LogP contribution in [0.4, 0.5) is 28.7 Å². The average molecular weight is 613 g/mol. The predicted octanol–water partition coefficient (Wildman–Crippen LogP) is 4.32. The number of piperazine rings is 1. The zero-order valence-corrected chi connectivity index (χ0v) is 26.3. The molecule has 0 unspecified atom stereocenters. The molecule has 0 radical (unpaired) electrons. The number of likely N-dealkylation sites (tertiary alicyclic amines) is 1. The number of anilines is 5. The molecule has 11 heteroatoms. The van der Waals surface area contributed by atoms with Crippen LogP contribution >= 0.6 is 0 Å². The summed E-state index contributed by atoms with van der Waals surface area (Å²) >= 11 is 0. The van der Waals surface area contributed by atoms with Gasteiger partial charge in [-0.05, 0) is 63.5 Å². The van der Waals surface area contributed by atoms with E-state index >= 15 is 0 Å². The van der Waals surface area contributed by atoms with Crippen molar-refractivity contribution >= 4 is 34.6 Å². The van der Waals surface area contributed by atoms with Gasteiger partial charge in [0, 0.05) is 44.4 Å². The maximum Gasteiger partial charge on any atom is 0.247 e. The molecule has 3 aromatic rings. The van der Waals surface area contributed by atoms with Gasteiger partial charge in [-0.3, -0.25) is 14.5 Å². The molecule has 3 fully saturated rings. The molecule has 0 spiro atoms. The minimum atomic E-state index is -0.266. The zero-order valence-electron chi connectivity index (χ0n) is 26.3. The highest BCUT2D eigenvalue weighted by Crippen LogP contribution is 2.39. The minimum Gasteiger partial charge on any atom is -0.494 e. The fourth-order valence-electron chi connectivity index (χ4n) is 6.58. The van der Waals surface area contributed by atoms with E-state index in [0.29, 0.717) is 41.4 Å². The molecule has 238 valence electrons. The first kappa shape index (κ1) is 30.8. The Labute approximate surface area is 265 Å². The quantitative estimate of drug-likeness (QED) is 0.322. The summed E-state index contributed by atoms with van der Waals surface area (Å²) in [5.41, 5.74) is 3.55. The number of nitrogens with zero attached hydrogens (tertiary/aromatic N) is 6. The number of benzene rings is 2. The van der Waals surface area contributed by atoms with E-state index in [1.54, 1.807) is 7.11 Å². The van der Waals surface area contributed by atoms with Crippen LogP contribution in [0.1, 0.15) is 24.8 Å². The van der Waals surface area contributed by atoms with E-state index in [1.165, 1.54) is 30.8 Å². The molecule has 0 saturated carbocycles. The normalized spacial score (nSPS) is 19.8. The number of hydrogen-bond donors (Lipinski definition) is 2. The highest BCUT2D eigenvalue weighted by Gasteiger charge is 2.29. The lowest BCUT2D eigenvalue weighted by molar-refractivity contribution is -0.111. The second kappa shape index (κ2) is 14.3. The number of nitrogens with one attached hydrogen (secondary N) is 2. The van der Waals surface area contributed by atoms with Crippen molar-refractivity contribution in [3.05, 3.63) is 73.1 Å². The molecule has 11 nitrogen and oxygen atoms in total. The van der Waals surface area contributed by atoms with Gasteiger partial charge in [0.15, 0.2) is 5.82 Å². The predicted molar refractivity (Wildman–Crippen MR) is 178 cm³/mol. The molecule has 3 aliphatic heterocycles. The SMILES string of the molecule is C=CC(=O)Nc1cc(Nc2cc(N3OCC[C@H]3Cc3ccccc3)ncn2)c(OC)cc1N1CCN(C2CCN(C)CC2)CC1. The smallest absolute Gasteiger partial charge is 0.247 e. The third-order valence-electron chi connectivity index (χ3n) is 9.09. The van der Waals surface area contributed by atoms with Crippen LogP contribution in [-0.2, 0) is 16.1 Å². The summed E-state index contributed by atoms with van der Waals surface area (Å²) in [6, 6.07) is 17.0. The molecule has 1 atom stereocenters. The Morgan fingerprint density at radius 1 is 1.02 bits per heavy atom. The Morgan fingerprint density at radius 3 is 2.53 bits per heavy atom. The van der Waals surface area contributed by atoms with E-state index in [0.717, 1.165) is 57.8 Å². The average Bonchev–Trinajstić information content (AvgIpc) is 3.54. The molecule has 2 aromatic carbocycles. The number of carbonyl (C=O) groups is 1. The standard InChI is InChI=1S/C34H44N8O3/c1-4-34(43)38-28-21-29(31(44-3)22-30(28)41-17-15-40(16-18-41)26-10-13-39(2)14-11-26)37-32-23-33(36-24-35-32)42-27(12-19-45-42)20-25-8-6-5-7-9-25/h4-9,21-24,26-27H,1,10-20H2,2-3H3,(H,38,43)(H,35,36,37)/t27-/m0/s1. The number of amides is 1. The summed E-state index contributed by atoms with van der Waals surface area (Å²) in [7, 11) is 3.86. The minimum absolute atomic E-state index is 0.171. The molecular weight excluding hydrogens is 568 g/mol. The maximum atomic E-state index is 12.5. The fourth-order valence-corrected chi connectivity index (χ4v) is 6.58. The van der Waals surface area contributed by atoms with E-state index in [4.69, 9.17) is 9.57 Å². The lowest BCUT2D eigenvalue weighted by atomic mass is 10.0. The monoisotopic (exact) mass is 612 g/mol. The lowest BCUT2D eigenvalue weighted by Gasteiger charge is -2.43. The van der Waals surface area contributed by atoms with Crippen LogP contribution in [0.15, 0.2) is 67.5 Å². The Hall–Kier alpha value is -4.19. The van der Waals surface area contributed by atoms with Gasteiger partial charge in [0.05, 0.1) is 36.8 Å². The van der Waals surface area contributed by atoms with Gasteiger partial charge in [0.25, 0.3) is 0 Å². The van der Waals surface area contributed by atoms with Gasteiger partial charge >= 0.3 is 0 Å². The number of hydrogen-bond acceptors (Lipinski definition) is 10. The van der Waals surface area contributed by atoms with Gasteiger partial charge < -0.3 is 25.2 Å². The van der Waals surface area contributed by atoms with Gasteiger partial charge in [-0.15, -0.1) is 0 Å². The van der Waals surface area contributed by atoms with Crippen molar-refractivity contribution in [3.8, 4) is 5.75 Å². The Kier molecular flexibility index (Phi) is 9.78. The second-order valence-electron chi connectivity index (χ2n) is 12.0. The first-order valence-corrected chi connectivity index (χ1v) is 15.9. The summed E-state index contributed by atoms with van der Waals surface area (Å²) in [6.45, 7) is 10.3. The van der Waals surface area contributed by atoms with Crippen LogP contribution in [0.2, 0.25) is 0 Å². The first-order valence-electron chi connectivity index (χ1n) is 15.9. The van der Waals surface area contributed by atoms with Gasteiger partial charge in [0.1, 0.15) is 17.9 Å². The molecule has 3 aliphatic rings. The molecule has 4 heterocycles. The van der Waals surface area contributed by atoms with E-state index in [9.17, 15) is 4.79 Å². The van der Waals surface area contributed by atoms with Crippen LogP contribution in [0.5, 0.6) is 5.75 Å². The highest BCUT2D eigenvalue weighted by molar-refractivity contribution is 6.02. The zero-order chi connectivity index (χ0) is 31.2. The van der Waals surface area contributed by atoms with Crippen molar-refractivity contribution in [2.45, 2.75) is 37.8 Å². The summed E-state index contributed by atoms with van der Waals surface area (Å²) in [4.78, 5) is 34.9. The Morgan fingerprint density at radius 2 is 1.80 bits per heavy atom. The van der Waals surface area contributed by atoms with Crippen LogP contribution < -0.4 is 25.3 Å². The summed E-state index contributed by atoms with van der Waals surface area (Å²) < 4.78 is 5.86. The number of hydroxylamine groups is 1. The number of piperidine rings is 1. The maximum absolute atomic E-state index is 12.5. The highest BCUT2D eigenvalue weighted by atomic mass is 16.7. The van der Waals surface area contributed by atoms with Crippen molar-refractivity contribution in [1.82, 2.24) is 19.8 Å². The van der Waals surface area contributed by atoms with Crippen molar-refractivity contribution in [2.24, 2.45) is 0 Å². The van der Waals surface area contributed by atoms with Gasteiger partial charge in [-0.2, -0.15) is 0 Å². The van der Waals surface area contributed by atoms with Gasteiger partial charge in [-0.25, -0.2) is 15.0 Å². The molecular formula is C34H44N8O3. The lowest BCUT2D eigenvalue weighted by Crippen LogP contribution is -2.53. The van der Waals surface area contributed by atoms with E-state index in [2.05, 4.69) is 73.2 Å². The van der Waals surface area contributed by atoms with E-state index in [1.807, 2.05) is 29.3 Å². The van der Waals surface area contributed by atoms with Crippen molar-refractivity contribution in [1.29, 1.82) is 0 Å². The summed E-state index contributed by atoms with van der Waals surface area (Å²) in [6.07, 6.45) is 7.03. The van der Waals surface area contributed by atoms with Crippen LogP contribution in [0, 0.1) is 0 Å². The van der Waals surface area contributed by atoms with Crippen molar-refractivity contribution in [3.63, 3.8) is 0 Å². The molecule has 6 rings (SSSR count). The van der Waals surface area contributed by atoms with E-state index < -0.39 is 0 Å². The van der Waals surface area contributed by atoms with E-state index in [-0.39, 0.29) is 11.9 Å². The molecule has 2 N–H and O–H groups in total. The number of carbonyl (C=O) groups excluding carboxylic acids is 1. The topological polar surface area (TPSA) is 98.3 Å². The third-order valence-corrected chi connectivity index (χ3v) is 9.09. The number of methoxy groups -OCH3 is 1. The number of aromatic nitrogens is 2. The number of ether oxygens (including phenoxy) is 1. The van der Waals surface area contributed by atoms with Crippen LogP contribution in [0.25, 0.3) is 0 Å². The molecule has 0 aliphatic carbocycles. The van der Waals surface area contributed by atoms with Gasteiger partial charge in [-0.1, -0.05) is 36.9 Å². The Bertz CT molecular complexity index is 1460. The molecule has 3 saturated heterocycles. The van der Waals surface area contributed by atoms with Crippen molar-refractivity contribution < 1.29 is 14.4 Å². The first-order chi connectivity index (χ1) is 22.0. The molecule has 45 heavy (non-hydrogen) atoms. The van der Waals surface area contributed by atoms with Crippen molar-refractivity contribution in [2.75, 3.05) is 80.6 Å². The third kappa shape index (κ3) is 7.38. The molecule has 0 bridgehead atoms. The van der Waals surface area contributed by atoms with Gasteiger partial charge in [0.2, 0.25) is 5.91 Å². The number of rotatable bonds is 10. The molecule has 1 amide bonds. The second-order valence-corrected chi connectivity index (χ2v) is 12.0. The van der Waals surface area contributed by atoms with Crippen LogP contribution in [0.3, 0.4) is 0 Å². The Balaban J connectivity index is 1.20.